The van der Waals surface area contributed by atoms with E-state index in [1.54, 1.807) is 0 Å². The van der Waals surface area contributed by atoms with E-state index in [0.29, 0.717) is 11.6 Å². The van der Waals surface area contributed by atoms with Gasteiger partial charge >= 0.3 is 0 Å². The molecule has 4 nitrogen and oxygen atoms in total. The predicted molar refractivity (Wildman–Crippen MR) is 81.9 cm³/mol. The van der Waals surface area contributed by atoms with Crippen LogP contribution in [-0.2, 0) is 4.74 Å². The lowest BCUT2D eigenvalue weighted by Gasteiger charge is -2.32. The Bertz CT molecular complexity index is 522. The SMILES string of the molecule is N#Cc1ccc(N2CCC(N3CCOCC3)C2)cc1Br. The summed E-state index contributed by atoms with van der Waals surface area (Å²) in [6.07, 6.45) is 1.21. The van der Waals surface area contributed by atoms with Crippen molar-refractivity contribution in [3.05, 3.63) is 28.2 Å². The lowest BCUT2D eigenvalue weighted by Crippen LogP contribution is -2.44. The van der Waals surface area contributed by atoms with Gasteiger partial charge in [-0.25, -0.2) is 0 Å². The smallest absolute Gasteiger partial charge is 0.100 e. The topological polar surface area (TPSA) is 39.5 Å². The molecule has 1 aromatic carbocycles. The van der Waals surface area contributed by atoms with Gasteiger partial charge in [0, 0.05) is 42.4 Å². The van der Waals surface area contributed by atoms with Gasteiger partial charge in [-0.1, -0.05) is 0 Å². The summed E-state index contributed by atoms with van der Waals surface area (Å²) in [7, 11) is 0. The average Bonchev–Trinajstić information content (AvgIpc) is 2.98. The monoisotopic (exact) mass is 335 g/mol. The van der Waals surface area contributed by atoms with Gasteiger partial charge in [-0.15, -0.1) is 0 Å². The van der Waals surface area contributed by atoms with Gasteiger partial charge in [0.15, 0.2) is 0 Å². The minimum atomic E-state index is 0.633. The molecule has 0 N–H and O–H groups in total. The first-order valence-electron chi connectivity index (χ1n) is 7.04. The second kappa shape index (κ2) is 6.13. The fourth-order valence-corrected chi connectivity index (χ4v) is 3.46. The molecule has 5 heteroatoms. The Morgan fingerprint density at radius 3 is 2.75 bits per heavy atom. The minimum Gasteiger partial charge on any atom is -0.379 e. The first-order valence-corrected chi connectivity index (χ1v) is 7.83. The molecule has 1 aromatic rings. The largest absolute Gasteiger partial charge is 0.379 e. The molecule has 20 heavy (non-hydrogen) atoms. The normalized spacial score (nSPS) is 23.8. The van der Waals surface area contributed by atoms with E-state index in [9.17, 15) is 0 Å². The summed E-state index contributed by atoms with van der Waals surface area (Å²) in [5.74, 6) is 0. The number of hydrogen-bond donors (Lipinski definition) is 0. The summed E-state index contributed by atoms with van der Waals surface area (Å²) in [5, 5.41) is 8.97. The lowest BCUT2D eigenvalue weighted by atomic mass is 10.2. The van der Waals surface area contributed by atoms with E-state index >= 15 is 0 Å². The summed E-state index contributed by atoms with van der Waals surface area (Å²) in [6.45, 7) is 5.97. The Balaban J connectivity index is 1.67. The molecule has 106 valence electrons. The highest BCUT2D eigenvalue weighted by Crippen LogP contribution is 2.27. The van der Waals surface area contributed by atoms with Crippen molar-refractivity contribution < 1.29 is 4.74 Å². The summed E-state index contributed by atoms with van der Waals surface area (Å²) in [4.78, 5) is 4.95. The van der Waals surface area contributed by atoms with Crippen LogP contribution in [-0.4, -0.2) is 50.3 Å². The fraction of sp³-hybridized carbons (Fsp3) is 0.533. The van der Waals surface area contributed by atoms with E-state index in [2.05, 4.69) is 37.9 Å². The van der Waals surface area contributed by atoms with Crippen LogP contribution >= 0.6 is 15.9 Å². The number of morpholine rings is 1. The van der Waals surface area contributed by atoms with Crippen LogP contribution in [0.4, 0.5) is 5.69 Å². The molecule has 1 atom stereocenters. The molecule has 3 rings (SSSR count). The van der Waals surface area contributed by atoms with Crippen molar-refractivity contribution in [2.24, 2.45) is 0 Å². The maximum atomic E-state index is 8.97. The van der Waals surface area contributed by atoms with Crippen molar-refractivity contribution in [1.29, 1.82) is 5.26 Å². The number of anilines is 1. The van der Waals surface area contributed by atoms with Crippen molar-refractivity contribution in [2.75, 3.05) is 44.3 Å². The Kier molecular flexibility index (Phi) is 4.25. The molecular formula is C15H18BrN3O. The highest BCUT2D eigenvalue weighted by Gasteiger charge is 2.28. The van der Waals surface area contributed by atoms with Gasteiger partial charge in [-0.05, 0) is 40.5 Å². The molecule has 0 aromatic heterocycles. The maximum Gasteiger partial charge on any atom is 0.100 e. The first-order chi connectivity index (χ1) is 9.78. The second-order valence-electron chi connectivity index (χ2n) is 5.31. The molecule has 0 bridgehead atoms. The van der Waals surface area contributed by atoms with Crippen LogP contribution in [0.5, 0.6) is 0 Å². The van der Waals surface area contributed by atoms with E-state index in [1.165, 1.54) is 12.1 Å². The van der Waals surface area contributed by atoms with Gasteiger partial charge in [-0.3, -0.25) is 4.90 Å². The van der Waals surface area contributed by atoms with E-state index in [0.717, 1.165) is 43.9 Å². The third-order valence-corrected chi connectivity index (χ3v) is 4.82. The van der Waals surface area contributed by atoms with Crippen LogP contribution in [0.25, 0.3) is 0 Å². The lowest BCUT2D eigenvalue weighted by molar-refractivity contribution is 0.0209. The van der Waals surface area contributed by atoms with E-state index in [4.69, 9.17) is 10.00 Å². The Morgan fingerprint density at radius 2 is 2.05 bits per heavy atom. The number of benzene rings is 1. The number of nitrogens with zero attached hydrogens (tertiary/aromatic N) is 3. The zero-order chi connectivity index (χ0) is 13.9. The van der Waals surface area contributed by atoms with Crippen LogP contribution in [0.2, 0.25) is 0 Å². The third kappa shape index (κ3) is 2.83. The number of nitriles is 1. The van der Waals surface area contributed by atoms with Gasteiger partial charge < -0.3 is 9.64 Å². The summed E-state index contributed by atoms with van der Waals surface area (Å²) >= 11 is 3.47. The van der Waals surface area contributed by atoms with Crippen LogP contribution in [0, 0.1) is 11.3 Å². The molecule has 2 fully saturated rings. The van der Waals surface area contributed by atoms with Gasteiger partial charge in [0.05, 0.1) is 18.8 Å². The molecule has 0 spiro atoms. The quantitative estimate of drug-likeness (QED) is 0.830. The first kappa shape index (κ1) is 13.9. The zero-order valence-electron chi connectivity index (χ0n) is 11.4. The van der Waals surface area contributed by atoms with Gasteiger partial charge in [0.2, 0.25) is 0 Å². The van der Waals surface area contributed by atoms with Crippen molar-refractivity contribution in [2.45, 2.75) is 12.5 Å². The second-order valence-corrected chi connectivity index (χ2v) is 6.17. The molecule has 0 amide bonds. The van der Waals surface area contributed by atoms with E-state index < -0.39 is 0 Å². The van der Waals surface area contributed by atoms with Gasteiger partial charge in [0.25, 0.3) is 0 Å². The third-order valence-electron chi connectivity index (χ3n) is 4.16. The average molecular weight is 336 g/mol. The van der Waals surface area contributed by atoms with Crippen molar-refractivity contribution in [3.63, 3.8) is 0 Å². The van der Waals surface area contributed by atoms with Crippen molar-refractivity contribution >= 4 is 21.6 Å². The van der Waals surface area contributed by atoms with E-state index in [-0.39, 0.29) is 0 Å². The van der Waals surface area contributed by atoms with Crippen LogP contribution in [0.1, 0.15) is 12.0 Å². The van der Waals surface area contributed by atoms with Gasteiger partial charge in [-0.2, -0.15) is 5.26 Å². The Labute approximate surface area is 128 Å². The summed E-state index contributed by atoms with van der Waals surface area (Å²) in [5.41, 5.74) is 1.89. The number of ether oxygens (including phenoxy) is 1. The molecule has 0 saturated carbocycles. The highest BCUT2D eigenvalue weighted by molar-refractivity contribution is 9.10. The molecular weight excluding hydrogens is 318 g/mol. The van der Waals surface area contributed by atoms with Gasteiger partial charge in [0.1, 0.15) is 6.07 Å². The predicted octanol–water partition coefficient (Wildman–Crippen LogP) is 2.23. The molecule has 2 aliphatic heterocycles. The van der Waals surface area contributed by atoms with Crippen molar-refractivity contribution in [3.8, 4) is 6.07 Å². The number of hydrogen-bond acceptors (Lipinski definition) is 4. The molecule has 2 heterocycles. The molecule has 2 aliphatic rings. The van der Waals surface area contributed by atoms with Crippen molar-refractivity contribution in [1.82, 2.24) is 4.90 Å². The number of rotatable bonds is 2. The van der Waals surface area contributed by atoms with Crippen LogP contribution in [0.15, 0.2) is 22.7 Å². The Hall–Kier alpha value is -1.09. The molecule has 2 saturated heterocycles. The minimum absolute atomic E-state index is 0.633. The molecule has 0 aliphatic carbocycles. The zero-order valence-corrected chi connectivity index (χ0v) is 13.0. The Morgan fingerprint density at radius 1 is 1.25 bits per heavy atom. The highest BCUT2D eigenvalue weighted by atomic mass is 79.9. The molecule has 1 unspecified atom stereocenters. The standard InChI is InChI=1S/C15H18BrN3O/c16-15-9-13(2-1-12(15)10-17)19-4-3-14(11-19)18-5-7-20-8-6-18/h1-2,9,14H,3-8,11H2. The maximum absolute atomic E-state index is 8.97. The van der Waals surface area contributed by atoms with E-state index in [1.807, 2.05) is 12.1 Å². The van der Waals surface area contributed by atoms with Crippen LogP contribution in [0.3, 0.4) is 0 Å². The van der Waals surface area contributed by atoms with Crippen LogP contribution < -0.4 is 4.90 Å². The fourth-order valence-electron chi connectivity index (χ4n) is 3.01. The molecule has 0 radical (unpaired) electrons. The summed E-state index contributed by atoms with van der Waals surface area (Å²) < 4.78 is 6.30. The summed E-state index contributed by atoms with van der Waals surface area (Å²) in [6, 6.07) is 8.81. The number of halogens is 1.